The zero-order chi connectivity index (χ0) is 21.7. The fourth-order valence-electron chi connectivity index (χ4n) is 4.14. The Labute approximate surface area is 172 Å². The van der Waals surface area contributed by atoms with Crippen molar-refractivity contribution in [3.63, 3.8) is 0 Å². The Morgan fingerprint density at radius 1 is 0.667 bits per heavy atom. The minimum absolute atomic E-state index is 0.260. The van der Waals surface area contributed by atoms with Crippen LogP contribution in [-0.4, -0.2) is 36.6 Å². The minimum Gasteiger partial charge on any atom is -0.485 e. The molecular weight excluding hydrogens is 404 g/mol. The van der Waals surface area contributed by atoms with E-state index >= 15 is 0 Å². The Morgan fingerprint density at radius 2 is 1.03 bits per heavy atom. The normalized spacial score (nSPS) is 15.8. The van der Waals surface area contributed by atoms with Gasteiger partial charge in [0.15, 0.2) is 34.8 Å². The number of aliphatic hydroxyl groups is 2. The van der Waals surface area contributed by atoms with Crippen molar-refractivity contribution in [2.24, 2.45) is 0 Å². The summed E-state index contributed by atoms with van der Waals surface area (Å²) in [4.78, 5) is 0. The Hall–Kier alpha value is -2.32. The third-order valence-corrected chi connectivity index (χ3v) is 5.48. The molecule has 0 bridgehead atoms. The Kier molecular flexibility index (Phi) is 7.20. The molecule has 1 saturated carbocycles. The summed E-state index contributed by atoms with van der Waals surface area (Å²) in [6.45, 7) is -1.31. The summed E-state index contributed by atoms with van der Waals surface area (Å²) in [7, 11) is 0. The van der Waals surface area contributed by atoms with Crippen molar-refractivity contribution in [3.8, 4) is 11.5 Å². The molecule has 30 heavy (non-hydrogen) atoms. The van der Waals surface area contributed by atoms with E-state index in [2.05, 4.69) is 0 Å². The number of ether oxygens (including phenoxy) is 2. The third-order valence-electron chi connectivity index (χ3n) is 5.48. The van der Waals surface area contributed by atoms with Gasteiger partial charge in [-0.25, -0.2) is 17.6 Å². The number of halogens is 4. The Morgan fingerprint density at radius 3 is 1.37 bits per heavy atom. The van der Waals surface area contributed by atoms with E-state index in [1.165, 1.54) is 0 Å². The van der Waals surface area contributed by atoms with Gasteiger partial charge in [-0.3, -0.25) is 0 Å². The third kappa shape index (κ3) is 4.39. The van der Waals surface area contributed by atoms with Crippen LogP contribution in [0.15, 0.2) is 24.3 Å². The highest BCUT2D eigenvalue weighted by Crippen LogP contribution is 2.47. The summed E-state index contributed by atoms with van der Waals surface area (Å²) in [6, 6.07) is 4.53. The van der Waals surface area contributed by atoms with E-state index in [1.54, 1.807) is 0 Å². The maximum atomic E-state index is 14.6. The van der Waals surface area contributed by atoms with Gasteiger partial charge in [-0.2, -0.15) is 0 Å². The average molecular weight is 428 g/mol. The molecule has 0 aliphatic heterocycles. The lowest BCUT2D eigenvalue weighted by Gasteiger charge is -2.39. The van der Waals surface area contributed by atoms with Crippen LogP contribution in [0.3, 0.4) is 0 Å². The molecule has 1 aliphatic carbocycles. The van der Waals surface area contributed by atoms with Crippen LogP contribution in [0.25, 0.3) is 0 Å². The zero-order valence-electron chi connectivity index (χ0n) is 16.4. The van der Waals surface area contributed by atoms with Gasteiger partial charge in [-0.05, 0) is 48.2 Å². The first-order valence-corrected chi connectivity index (χ1v) is 9.89. The first-order valence-electron chi connectivity index (χ1n) is 9.89. The van der Waals surface area contributed by atoms with E-state index in [0.717, 1.165) is 43.5 Å². The maximum Gasteiger partial charge on any atom is 0.190 e. The van der Waals surface area contributed by atoms with Crippen LogP contribution in [0.1, 0.15) is 43.2 Å². The summed E-state index contributed by atoms with van der Waals surface area (Å²) >= 11 is 0. The van der Waals surface area contributed by atoms with Crippen LogP contribution in [0, 0.1) is 23.3 Å². The summed E-state index contributed by atoms with van der Waals surface area (Å²) < 4.78 is 68.3. The standard InChI is InChI=1S/C22H24F4O4/c23-16-10-14(11-17(24)20(16)29-8-6-27)22(4-2-1-3-5-22)15-12-18(25)21(19(26)13-15)30-9-7-28/h10-13,27-28H,1-9H2. The first-order chi connectivity index (χ1) is 14.4. The van der Waals surface area contributed by atoms with Gasteiger partial charge in [-0.1, -0.05) is 19.3 Å². The number of benzene rings is 2. The van der Waals surface area contributed by atoms with Crippen LogP contribution in [-0.2, 0) is 5.41 Å². The molecule has 0 unspecified atom stereocenters. The van der Waals surface area contributed by atoms with Crippen LogP contribution in [0.4, 0.5) is 17.6 Å². The van der Waals surface area contributed by atoms with Crippen LogP contribution >= 0.6 is 0 Å². The molecular formula is C22H24F4O4. The van der Waals surface area contributed by atoms with E-state index in [4.69, 9.17) is 19.7 Å². The number of hydrogen-bond donors (Lipinski definition) is 2. The van der Waals surface area contributed by atoms with Gasteiger partial charge in [0.05, 0.1) is 13.2 Å². The molecule has 0 aromatic heterocycles. The van der Waals surface area contributed by atoms with Gasteiger partial charge < -0.3 is 19.7 Å². The molecule has 1 aliphatic rings. The second-order valence-corrected chi connectivity index (χ2v) is 7.32. The lowest BCUT2D eigenvalue weighted by Crippen LogP contribution is -2.31. The molecule has 3 rings (SSSR count). The largest absolute Gasteiger partial charge is 0.485 e. The van der Waals surface area contributed by atoms with Crippen molar-refractivity contribution in [1.29, 1.82) is 0 Å². The van der Waals surface area contributed by atoms with E-state index in [-0.39, 0.29) is 24.3 Å². The van der Waals surface area contributed by atoms with Gasteiger partial charge in [0.2, 0.25) is 0 Å². The molecule has 8 heteroatoms. The van der Waals surface area contributed by atoms with Crippen molar-refractivity contribution < 1.29 is 37.2 Å². The highest BCUT2D eigenvalue weighted by atomic mass is 19.1. The fraction of sp³-hybridized carbons (Fsp3) is 0.455. The molecule has 4 nitrogen and oxygen atoms in total. The first kappa shape index (κ1) is 22.4. The summed E-state index contributed by atoms with van der Waals surface area (Å²) in [6.07, 6.45) is 3.32. The summed E-state index contributed by atoms with van der Waals surface area (Å²) in [5.41, 5.74) is -0.417. The second kappa shape index (κ2) is 9.66. The number of rotatable bonds is 8. The average Bonchev–Trinajstić information content (AvgIpc) is 2.73. The van der Waals surface area contributed by atoms with Crippen molar-refractivity contribution >= 4 is 0 Å². The van der Waals surface area contributed by atoms with Gasteiger partial charge in [0.1, 0.15) is 13.2 Å². The maximum absolute atomic E-state index is 14.6. The predicted molar refractivity (Wildman–Crippen MR) is 102 cm³/mol. The molecule has 0 saturated heterocycles. The second-order valence-electron chi connectivity index (χ2n) is 7.32. The molecule has 2 aromatic rings. The molecule has 0 atom stereocenters. The molecule has 2 N–H and O–H groups in total. The lowest BCUT2D eigenvalue weighted by molar-refractivity contribution is 0.190. The van der Waals surface area contributed by atoms with Crippen molar-refractivity contribution in [2.45, 2.75) is 37.5 Å². The van der Waals surface area contributed by atoms with Gasteiger partial charge in [-0.15, -0.1) is 0 Å². The van der Waals surface area contributed by atoms with E-state index in [0.29, 0.717) is 12.8 Å². The Balaban J connectivity index is 2.08. The van der Waals surface area contributed by atoms with Crippen LogP contribution in [0.2, 0.25) is 0 Å². The van der Waals surface area contributed by atoms with Gasteiger partial charge in [0.25, 0.3) is 0 Å². The highest BCUT2D eigenvalue weighted by Gasteiger charge is 2.38. The lowest BCUT2D eigenvalue weighted by atomic mass is 9.65. The molecule has 0 amide bonds. The summed E-state index contributed by atoms with van der Waals surface area (Å²) in [5, 5.41) is 17.6. The minimum atomic E-state index is -0.966. The molecule has 0 heterocycles. The van der Waals surface area contributed by atoms with Crippen LogP contribution < -0.4 is 9.47 Å². The molecule has 0 spiro atoms. The molecule has 164 valence electrons. The quantitative estimate of drug-likeness (QED) is 0.618. The van der Waals surface area contributed by atoms with Gasteiger partial charge >= 0.3 is 0 Å². The SMILES string of the molecule is OCCOc1c(F)cc(C2(c3cc(F)c(OCCO)c(F)c3)CCCCC2)cc1F. The molecule has 0 radical (unpaired) electrons. The van der Waals surface area contributed by atoms with E-state index in [9.17, 15) is 17.6 Å². The zero-order valence-corrected chi connectivity index (χ0v) is 16.4. The van der Waals surface area contributed by atoms with Gasteiger partial charge in [0, 0.05) is 5.41 Å². The predicted octanol–water partition coefficient (Wildman–Crippen LogP) is 4.24. The molecule has 2 aromatic carbocycles. The van der Waals surface area contributed by atoms with Crippen molar-refractivity contribution in [1.82, 2.24) is 0 Å². The van der Waals surface area contributed by atoms with Crippen molar-refractivity contribution in [3.05, 3.63) is 58.7 Å². The molecule has 1 fully saturated rings. The Bertz CT molecular complexity index is 770. The number of hydrogen-bond acceptors (Lipinski definition) is 4. The highest BCUT2D eigenvalue weighted by molar-refractivity contribution is 5.45. The fourth-order valence-corrected chi connectivity index (χ4v) is 4.14. The van der Waals surface area contributed by atoms with Crippen molar-refractivity contribution in [2.75, 3.05) is 26.4 Å². The van der Waals surface area contributed by atoms with Crippen LogP contribution in [0.5, 0.6) is 11.5 Å². The smallest absolute Gasteiger partial charge is 0.190 e. The number of aliphatic hydroxyl groups excluding tert-OH is 2. The summed E-state index contributed by atoms with van der Waals surface area (Å²) in [5.74, 6) is -4.94. The topological polar surface area (TPSA) is 58.9 Å². The van der Waals surface area contributed by atoms with E-state index < -0.39 is 53.4 Å². The van der Waals surface area contributed by atoms with E-state index in [1.807, 2.05) is 0 Å². The monoisotopic (exact) mass is 428 g/mol.